The van der Waals surface area contributed by atoms with Gasteiger partial charge in [0.15, 0.2) is 11.4 Å². The van der Waals surface area contributed by atoms with Gasteiger partial charge in [0.25, 0.3) is 0 Å². The van der Waals surface area contributed by atoms with Crippen LogP contribution in [-0.4, -0.2) is 34.3 Å². The molecule has 0 bridgehead atoms. The van der Waals surface area contributed by atoms with Crippen molar-refractivity contribution in [2.75, 3.05) is 17.7 Å². The summed E-state index contributed by atoms with van der Waals surface area (Å²) in [5, 5.41) is 24.1. The van der Waals surface area contributed by atoms with Crippen LogP contribution in [0.3, 0.4) is 0 Å². The van der Waals surface area contributed by atoms with Gasteiger partial charge in [0.2, 0.25) is 0 Å². The number of hydrogen-bond acceptors (Lipinski definition) is 6. The molecule has 126 valence electrons. The minimum absolute atomic E-state index is 0.00210. The van der Waals surface area contributed by atoms with Gasteiger partial charge in [-0.05, 0) is 24.3 Å². The summed E-state index contributed by atoms with van der Waals surface area (Å²) in [4.78, 5) is 27.1. The number of pyridine rings is 1. The van der Waals surface area contributed by atoms with Crippen LogP contribution in [0.15, 0.2) is 30.5 Å². The fourth-order valence-electron chi connectivity index (χ4n) is 1.87. The van der Waals surface area contributed by atoms with E-state index in [2.05, 4.69) is 20.4 Å². The summed E-state index contributed by atoms with van der Waals surface area (Å²) < 4.78 is 17.3. The normalized spacial score (nSPS) is 10.1. The maximum atomic E-state index is 12.8. The number of halogens is 1. The maximum Gasteiger partial charge on any atom is 0.360 e. The van der Waals surface area contributed by atoms with Crippen LogP contribution < -0.4 is 10.6 Å². The Kier molecular flexibility index (Phi) is 5.27. The van der Waals surface area contributed by atoms with Gasteiger partial charge in [0.05, 0.1) is 25.6 Å². The number of anilines is 2. The number of carbonyl (C=O) groups is 2. The van der Waals surface area contributed by atoms with E-state index in [1.807, 2.05) is 0 Å². The number of amides is 2. The molecule has 0 fully saturated rings. The topological polar surface area (TPSA) is 121 Å². The van der Waals surface area contributed by atoms with E-state index in [0.717, 1.165) is 13.3 Å². The largest absolute Gasteiger partial charge is 0.505 e. The molecule has 8 nitrogen and oxygen atoms in total. The second-order valence-corrected chi connectivity index (χ2v) is 4.58. The van der Waals surface area contributed by atoms with Crippen LogP contribution in [-0.2, 0) is 11.3 Å². The molecule has 9 heteroatoms. The van der Waals surface area contributed by atoms with Crippen molar-refractivity contribution in [2.45, 2.75) is 6.61 Å². The second-order valence-electron chi connectivity index (χ2n) is 4.58. The predicted octanol–water partition coefficient (Wildman–Crippen LogP) is 1.85. The van der Waals surface area contributed by atoms with Gasteiger partial charge in [-0.15, -0.1) is 0 Å². The van der Waals surface area contributed by atoms with E-state index in [1.165, 1.54) is 24.3 Å². The lowest BCUT2D eigenvalue weighted by Crippen LogP contribution is -2.21. The van der Waals surface area contributed by atoms with E-state index in [9.17, 15) is 24.2 Å². The number of nitrogens with zero attached hydrogens (tertiary/aromatic N) is 1. The average Bonchev–Trinajstić information content (AvgIpc) is 2.56. The molecule has 2 amide bonds. The van der Waals surface area contributed by atoms with E-state index in [-0.39, 0.29) is 16.9 Å². The van der Waals surface area contributed by atoms with Gasteiger partial charge in [-0.3, -0.25) is 0 Å². The summed E-state index contributed by atoms with van der Waals surface area (Å²) in [6.45, 7) is -0.648. The highest BCUT2D eigenvalue weighted by molar-refractivity contribution is 6.01. The lowest BCUT2D eigenvalue weighted by atomic mass is 10.1. The van der Waals surface area contributed by atoms with Gasteiger partial charge in [-0.1, -0.05) is 0 Å². The van der Waals surface area contributed by atoms with Crippen LogP contribution in [0.25, 0.3) is 0 Å². The molecule has 0 saturated heterocycles. The van der Waals surface area contributed by atoms with Gasteiger partial charge < -0.3 is 25.6 Å². The number of aliphatic hydroxyl groups is 1. The lowest BCUT2D eigenvalue weighted by molar-refractivity contribution is 0.0590. The summed E-state index contributed by atoms with van der Waals surface area (Å²) >= 11 is 0. The Morgan fingerprint density at radius 1 is 1.25 bits per heavy atom. The molecule has 1 aromatic heterocycles. The molecule has 0 aliphatic heterocycles. The third-order valence-corrected chi connectivity index (χ3v) is 3.05. The van der Waals surface area contributed by atoms with Crippen molar-refractivity contribution in [1.29, 1.82) is 0 Å². The Balaban J connectivity index is 2.19. The van der Waals surface area contributed by atoms with E-state index >= 15 is 0 Å². The van der Waals surface area contributed by atoms with E-state index < -0.39 is 30.2 Å². The highest BCUT2D eigenvalue weighted by Gasteiger charge is 2.20. The van der Waals surface area contributed by atoms with E-state index in [0.29, 0.717) is 5.69 Å². The highest BCUT2D eigenvalue weighted by atomic mass is 19.1. The number of benzene rings is 1. The SMILES string of the molecule is COC(=O)c1ncc(NC(=O)Nc2ccc(F)cc2)c(CO)c1O. The number of nitrogens with one attached hydrogen (secondary N) is 2. The fraction of sp³-hybridized carbons (Fsp3) is 0.133. The fourth-order valence-corrected chi connectivity index (χ4v) is 1.87. The monoisotopic (exact) mass is 335 g/mol. The molecular formula is C15H14FN3O5. The van der Waals surface area contributed by atoms with Crippen LogP contribution in [0.2, 0.25) is 0 Å². The summed E-state index contributed by atoms with van der Waals surface area (Å²) in [6.07, 6.45) is 1.10. The van der Waals surface area contributed by atoms with Gasteiger partial charge in [0, 0.05) is 11.3 Å². The van der Waals surface area contributed by atoms with Crippen molar-refractivity contribution in [1.82, 2.24) is 4.98 Å². The van der Waals surface area contributed by atoms with Crippen molar-refractivity contribution in [3.63, 3.8) is 0 Å². The van der Waals surface area contributed by atoms with Crippen LogP contribution in [0.4, 0.5) is 20.6 Å². The number of carbonyl (C=O) groups excluding carboxylic acids is 2. The molecule has 2 aromatic rings. The van der Waals surface area contributed by atoms with Gasteiger partial charge in [0.1, 0.15) is 5.82 Å². The van der Waals surface area contributed by atoms with Crippen molar-refractivity contribution >= 4 is 23.4 Å². The van der Waals surface area contributed by atoms with Crippen LogP contribution in [0, 0.1) is 5.82 Å². The number of urea groups is 1. The number of esters is 1. The standard InChI is InChI=1S/C15H14FN3O5/c1-24-14(22)12-13(21)10(7-20)11(6-17-12)19-15(23)18-9-4-2-8(16)3-5-9/h2-6,20-21H,7H2,1H3,(H2,18,19,23). The Labute approximate surface area is 135 Å². The van der Waals surface area contributed by atoms with Crippen molar-refractivity contribution in [3.8, 4) is 5.75 Å². The predicted molar refractivity (Wildman–Crippen MR) is 82.2 cm³/mol. The first-order valence-electron chi connectivity index (χ1n) is 6.69. The number of aromatic nitrogens is 1. The highest BCUT2D eigenvalue weighted by Crippen LogP contribution is 2.28. The zero-order valence-corrected chi connectivity index (χ0v) is 12.5. The second kappa shape index (κ2) is 7.38. The number of hydrogen-bond donors (Lipinski definition) is 4. The molecule has 0 spiro atoms. The molecule has 0 aliphatic rings. The quantitative estimate of drug-likeness (QED) is 0.633. The molecule has 0 unspecified atom stereocenters. The molecule has 2 rings (SSSR count). The molecule has 0 radical (unpaired) electrons. The molecule has 1 heterocycles. The maximum absolute atomic E-state index is 12.8. The Morgan fingerprint density at radius 2 is 1.92 bits per heavy atom. The summed E-state index contributed by atoms with van der Waals surface area (Å²) in [7, 11) is 1.12. The van der Waals surface area contributed by atoms with Gasteiger partial charge in [-0.2, -0.15) is 0 Å². The van der Waals surface area contributed by atoms with Crippen molar-refractivity contribution in [3.05, 3.63) is 47.5 Å². The Bertz CT molecular complexity index is 764. The summed E-state index contributed by atoms with van der Waals surface area (Å²) in [5.41, 5.74) is -0.143. The third kappa shape index (κ3) is 3.76. The Hall–Kier alpha value is -3.20. The zero-order valence-electron chi connectivity index (χ0n) is 12.5. The first-order chi connectivity index (χ1) is 11.5. The zero-order chi connectivity index (χ0) is 17.7. The summed E-state index contributed by atoms with van der Waals surface area (Å²) in [5.74, 6) is -1.93. The number of aromatic hydroxyl groups is 1. The minimum Gasteiger partial charge on any atom is -0.505 e. The molecule has 0 atom stereocenters. The summed E-state index contributed by atoms with van der Waals surface area (Å²) in [6, 6.07) is 4.36. The first kappa shape index (κ1) is 17.2. The van der Waals surface area contributed by atoms with Gasteiger partial charge >= 0.3 is 12.0 Å². The van der Waals surface area contributed by atoms with E-state index in [4.69, 9.17) is 0 Å². The van der Waals surface area contributed by atoms with Crippen LogP contribution >= 0.6 is 0 Å². The van der Waals surface area contributed by atoms with Crippen LogP contribution in [0.1, 0.15) is 16.1 Å². The van der Waals surface area contributed by atoms with Crippen molar-refractivity contribution in [2.24, 2.45) is 0 Å². The van der Waals surface area contributed by atoms with Crippen molar-refractivity contribution < 1.29 is 28.9 Å². The molecule has 0 aliphatic carbocycles. The molecule has 0 saturated carbocycles. The molecule has 4 N–H and O–H groups in total. The number of rotatable bonds is 4. The molecular weight excluding hydrogens is 321 g/mol. The number of ether oxygens (including phenoxy) is 1. The number of methoxy groups -OCH3 is 1. The average molecular weight is 335 g/mol. The van der Waals surface area contributed by atoms with Gasteiger partial charge in [-0.25, -0.2) is 19.0 Å². The smallest absolute Gasteiger partial charge is 0.360 e. The molecule has 24 heavy (non-hydrogen) atoms. The van der Waals surface area contributed by atoms with Crippen LogP contribution in [0.5, 0.6) is 5.75 Å². The first-order valence-corrected chi connectivity index (χ1v) is 6.69. The minimum atomic E-state index is -0.885. The number of aliphatic hydroxyl groups excluding tert-OH is 1. The molecule has 1 aromatic carbocycles. The Morgan fingerprint density at radius 3 is 2.50 bits per heavy atom. The van der Waals surface area contributed by atoms with E-state index in [1.54, 1.807) is 0 Å². The lowest BCUT2D eigenvalue weighted by Gasteiger charge is -2.13. The third-order valence-electron chi connectivity index (χ3n) is 3.05.